The first-order chi connectivity index (χ1) is 35.3. The minimum Gasteiger partial charge on any atom is -0.398 e. The highest BCUT2D eigenvalue weighted by Crippen LogP contribution is 2.43. The molecule has 2 amide bonds. The Hall–Kier alpha value is -7.21. The topological polar surface area (TPSA) is 167 Å². The maximum absolute atomic E-state index is 13.0. The Morgan fingerprint density at radius 3 is 1.66 bits per heavy atom. The number of nitrogens with two attached hydrogens (primary N) is 2. The minimum atomic E-state index is -0.171. The molecule has 1 atom stereocenters. The van der Waals surface area contributed by atoms with E-state index in [4.69, 9.17) is 21.4 Å². The number of hydrogen-bond acceptors (Lipinski definition) is 9. The molecule has 0 spiro atoms. The van der Waals surface area contributed by atoms with E-state index in [1.54, 1.807) is 0 Å². The van der Waals surface area contributed by atoms with Crippen molar-refractivity contribution in [2.24, 2.45) is 4.99 Å². The molecule has 8 N–H and O–H groups in total. The van der Waals surface area contributed by atoms with Crippen LogP contribution in [0.15, 0.2) is 113 Å². The second-order valence-electron chi connectivity index (χ2n) is 22.4. The number of aromatic nitrogens is 2. The number of fused-ring (bicyclic) bond motifs is 4. The summed E-state index contributed by atoms with van der Waals surface area (Å²) in [5.74, 6) is -0.135. The summed E-state index contributed by atoms with van der Waals surface area (Å²) < 4.78 is 2.35. The number of hydrogen-bond donors (Lipinski definition) is 6. The van der Waals surface area contributed by atoms with Crippen LogP contribution in [-0.2, 0) is 5.54 Å². The number of aliphatic imine (C=N–C) groups is 1. The van der Waals surface area contributed by atoms with Crippen LogP contribution in [0.1, 0.15) is 137 Å². The predicted octanol–water partition coefficient (Wildman–Crippen LogP) is 12.1. The zero-order valence-electron chi connectivity index (χ0n) is 45.6. The predicted molar refractivity (Wildman–Crippen MR) is 309 cm³/mol. The lowest BCUT2D eigenvalue weighted by Gasteiger charge is -2.46. The number of aryl methyl sites for hydroxylation is 3. The SMILES string of the molecule is CC1=CC2=Nc3cc(C)c(N)cc3N(C(C)(C)C)C2C=C1NCCCCCCNC(=O)c1ccc(-c2ccc(C(=O)NCCCCCCNc3cc4c(cc3C)nc3cc(C)c(N)cc3[n+]4C(C)(C)C)cc2)cc1. The van der Waals surface area contributed by atoms with Crippen molar-refractivity contribution in [1.29, 1.82) is 0 Å². The van der Waals surface area contributed by atoms with Gasteiger partial charge in [-0.3, -0.25) is 9.59 Å². The number of carbonyl (C=O) groups is 2. The quantitative estimate of drug-likeness (QED) is 0.0202. The first-order valence-electron chi connectivity index (χ1n) is 26.8. The molecule has 0 saturated carbocycles. The summed E-state index contributed by atoms with van der Waals surface area (Å²) in [5, 5.41) is 13.6. The molecule has 1 aliphatic heterocycles. The standard InChI is InChI=1S/C62H78N10O2/c1-39-31-51-55(35-47(39)63)71(61(5,6)7)57-37-49(41(3)33-53(57)69-51)65-27-15-11-13-17-29-67-59(73)45-23-19-43(20-24-45)44-21-25-46(26-22-44)60(74)68-30-18-14-12-16-28-66-50-38-58-54(34-42(50)4)70-52-32-40(2)48(64)36-56(52)72(58)62(8,9)10/h19-26,31-38,57,65H,11-18,27-30,63H2,1-10H3,(H4,64,66,67,68,73,74)/p+1. The molecule has 1 aliphatic carbocycles. The van der Waals surface area contributed by atoms with E-state index >= 15 is 0 Å². The Balaban J connectivity index is 0.705. The van der Waals surface area contributed by atoms with Crippen LogP contribution in [-0.4, -0.2) is 60.3 Å². The molecule has 388 valence electrons. The van der Waals surface area contributed by atoms with Gasteiger partial charge in [0, 0.05) is 98.5 Å². The molecule has 0 bridgehead atoms. The van der Waals surface area contributed by atoms with Gasteiger partial charge in [0.15, 0.2) is 5.54 Å². The molecule has 0 radical (unpaired) electrons. The highest BCUT2D eigenvalue weighted by Gasteiger charge is 2.37. The molecule has 5 aromatic carbocycles. The average Bonchev–Trinajstić information content (AvgIpc) is 3.34. The summed E-state index contributed by atoms with van der Waals surface area (Å²) in [4.78, 5) is 38.5. The molecule has 1 unspecified atom stereocenters. The van der Waals surface area contributed by atoms with Gasteiger partial charge in [-0.25, -0.2) is 9.98 Å². The zero-order valence-corrected chi connectivity index (χ0v) is 45.6. The first-order valence-corrected chi connectivity index (χ1v) is 26.8. The number of amides is 2. The largest absolute Gasteiger partial charge is 0.398 e. The van der Waals surface area contributed by atoms with Gasteiger partial charge in [0.05, 0.1) is 23.1 Å². The van der Waals surface area contributed by atoms with E-state index < -0.39 is 0 Å². The van der Waals surface area contributed by atoms with E-state index in [0.29, 0.717) is 24.2 Å². The van der Waals surface area contributed by atoms with Gasteiger partial charge in [-0.05, 0) is 168 Å². The Kier molecular flexibility index (Phi) is 16.1. The molecule has 0 saturated heterocycles. The fraction of sp³-hybridized carbons (Fsp3) is 0.403. The van der Waals surface area contributed by atoms with Crippen LogP contribution in [0.4, 0.5) is 28.4 Å². The fourth-order valence-electron chi connectivity index (χ4n) is 10.3. The van der Waals surface area contributed by atoms with Gasteiger partial charge in [-0.1, -0.05) is 49.9 Å². The van der Waals surface area contributed by atoms with Crippen molar-refractivity contribution in [3.63, 3.8) is 0 Å². The van der Waals surface area contributed by atoms with Crippen molar-refractivity contribution < 1.29 is 14.2 Å². The van der Waals surface area contributed by atoms with Gasteiger partial charge in [-0.15, -0.1) is 0 Å². The van der Waals surface area contributed by atoms with Crippen LogP contribution in [0, 0.1) is 20.8 Å². The zero-order chi connectivity index (χ0) is 52.9. The van der Waals surface area contributed by atoms with E-state index in [1.807, 2.05) is 62.4 Å². The van der Waals surface area contributed by atoms with E-state index in [1.165, 1.54) is 11.1 Å². The van der Waals surface area contributed by atoms with Crippen molar-refractivity contribution in [2.75, 3.05) is 47.9 Å². The summed E-state index contributed by atoms with van der Waals surface area (Å²) in [6.07, 6.45) is 12.7. The molecule has 74 heavy (non-hydrogen) atoms. The number of nitrogens with one attached hydrogen (secondary N) is 4. The fourth-order valence-corrected chi connectivity index (χ4v) is 10.3. The number of anilines is 4. The van der Waals surface area contributed by atoms with Gasteiger partial charge < -0.3 is 37.6 Å². The number of rotatable bonds is 19. The van der Waals surface area contributed by atoms with E-state index in [9.17, 15) is 9.59 Å². The number of unbranched alkanes of at least 4 members (excludes halogenated alkanes) is 6. The Labute approximate surface area is 439 Å². The lowest BCUT2D eigenvalue weighted by atomic mass is 9.90. The minimum absolute atomic E-state index is 0.0261. The van der Waals surface area contributed by atoms with Gasteiger partial charge in [-0.2, -0.15) is 4.57 Å². The Morgan fingerprint density at radius 1 is 0.608 bits per heavy atom. The molecule has 8 rings (SSSR count). The molecule has 6 aromatic rings. The van der Waals surface area contributed by atoms with Crippen molar-refractivity contribution in [3.8, 4) is 11.1 Å². The Bertz CT molecular complexity index is 3140. The summed E-state index contributed by atoms with van der Waals surface area (Å²) in [5.41, 5.74) is 31.1. The highest BCUT2D eigenvalue weighted by molar-refractivity contribution is 6.09. The second-order valence-corrected chi connectivity index (χ2v) is 22.4. The summed E-state index contributed by atoms with van der Waals surface area (Å²) >= 11 is 0. The second kappa shape index (κ2) is 22.5. The first kappa shape index (κ1) is 53.1. The molecule has 1 aromatic heterocycles. The average molecular weight is 996 g/mol. The van der Waals surface area contributed by atoms with E-state index in [-0.39, 0.29) is 28.9 Å². The molecule has 2 heterocycles. The monoisotopic (exact) mass is 996 g/mol. The smallest absolute Gasteiger partial charge is 0.251 e. The van der Waals surface area contributed by atoms with Crippen LogP contribution < -0.4 is 42.2 Å². The van der Waals surface area contributed by atoms with Gasteiger partial charge in [0.1, 0.15) is 11.0 Å². The van der Waals surface area contributed by atoms with Crippen molar-refractivity contribution >= 4 is 68.0 Å². The van der Waals surface area contributed by atoms with Crippen molar-refractivity contribution in [2.45, 2.75) is 138 Å². The van der Waals surface area contributed by atoms with Crippen LogP contribution in [0.2, 0.25) is 0 Å². The van der Waals surface area contributed by atoms with Crippen molar-refractivity contribution in [1.82, 2.24) is 20.9 Å². The highest BCUT2D eigenvalue weighted by atomic mass is 16.2. The third-order valence-corrected chi connectivity index (χ3v) is 14.4. The Morgan fingerprint density at radius 2 is 1.11 bits per heavy atom. The number of carbonyl (C=O) groups excluding carboxylic acids is 2. The number of nitrogen functional groups attached to an aromatic ring is 2. The third-order valence-electron chi connectivity index (χ3n) is 14.4. The normalized spacial score (nSPS) is 14.5. The van der Waals surface area contributed by atoms with Gasteiger partial charge in [0.2, 0.25) is 11.0 Å². The third kappa shape index (κ3) is 12.2. The maximum atomic E-state index is 13.0. The summed E-state index contributed by atoms with van der Waals surface area (Å²) in [6.45, 7) is 24.7. The van der Waals surface area contributed by atoms with Crippen molar-refractivity contribution in [3.05, 3.63) is 136 Å². The number of nitrogens with zero attached hydrogens (tertiary/aromatic N) is 4. The molecular formula is C62H79N10O2+. The lowest BCUT2D eigenvalue weighted by Crippen LogP contribution is -2.53. The van der Waals surface area contributed by atoms with Gasteiger partial charge >= 0.3 is 0 Å². The van der Waals surface area contributed by atoms with Crippen LogP contribution in [0.3, 0.4) is 0 Å². The molecule has 12 heteroatoms. The molecule has 12 nitrogen and oxygen atoms in total. The molecule has 2 aliphatic rings. The van der Waals surface area contributed by atoms with E-state index in [0.717, 1.165) is 149 Å². The van der Waals surface area contributed by atoms with Gasteiger partial charge in [0.25, 0.3) is 11.8 Å². The van der Waals surface area contributed by atoms with E-state index in [2.05, 4.69) is 135 Å². The number of benzene rings is 5. The molecule has 0 fully saturated rings. The summed E-state index contributed by atoms with van der Waals surface area (Å²) in [6, 6.07) is 28.1. The molecular weight excluding hydrogens is 917 g/mol. The van der Waals surface area contributed by atoms with Crippen LogP contribution >= 0.6 is 0 Å². The number of allylic oxidation sites excluding steroid dienone is 1. The maximum Gasteiger partial charge on any atom is 0.251 e. The van der Waals surface area contributed by atoms with Crippen LogP contribution in [0.5, 0.6) is 0 Å². The summed E-state index contributed by atoms with van der Waals surface area (Å²) in [7, 11) is 0. The van der Waals surface area contributed by atoms with Crippen LogP contribution in [0.25, 0.3) is 33.2 Å². The lowest BCUT2D eigenvalue weighted by molar-refractivity contribution is -0.707.